The molecule has 1 saturated heterocycles. The number of para-hydroxylation sites is 1. The van der Waals surface area contributed by atoms with Gasteiger partial charge in [-0.1, -0.05) is 76.8 Å². The number of fused-ring (bicyclic) bond motifs is 2. The van der Waals surface area contributed by atoms with Gasteiger partial charge in [-0.25, -0.2) is 0 Å². The molecule has 1 amide bonds. The van der Waals surface area contributed by atoms with E-state index in [1.807, 2.05) is 0 Å². The van der Waals surface area contributed by atoms with Gasteiger partial charge in [0.1, 0.15) is 0 Å². The first kappa shape index (κ1) is 20.2. The third-order valence-corrected chi connectivity index (χ3v) is 5.72. The fraction of sp³-hybridized carbons (Fsp3) is 0.400. The molecule has 1 aliphatic carbocycles. The van der Waals surface area contributed by atoms with E-state index < -0.39 is 0 Å². The van der Waals surface area contributed by atoms with Gasteiger partial charge in [0, 0.05) is 34.3 Å². The van der Waals surface area contributed by atoms with Gasteiger partial charge in [0.05, 0.1) is 0 Å². The van der Waals surface area contributed by atoms with E-state index in [4.69, 9.17) is 0 Å². The SMILES string of the molecule is C=C1Nc2ccccc2CCC1(C)C.CC1(C)C=CC=C2CCC(=O)NC2=C1. The van der Waals surface area contributed by atoms with Crippen molar-refractivity contribution in [1.82, 2.24) is 5.32 Å². The second-order valence-electron chi connectivity index (χ2n) is 9.12. The molecule has 2 heterocycles. The van der Waals surface area contributed by atoms with Crippen LogP contribution in [0.15, 0.2) is 72.1 Å². The van der Waals surface area contributed by atoms with Crippen LogP contribution in [0.5, 0.6) is 0 Å². The van der Waals surface area contributed by atoms with E-state index in [9.17, 15) is 4.79 Å². The molecule has 3 aliphatic rings. The minimum Gasteiger partial charge on any atom is -0.359 e. The third kappa shape index (κ3) is 4.83. The van der Waals surface area contributed by atoms with E-state index in [2.05, 4.69) is 93.5 Å². The van der Waals surface area contributed by atoms with Crippen LogP contribution in [0.2, 0.25) is 0 Å². The number of allylic oxidation sites excluding steroid dienone is 6. The number of carbonyl (C=O) groups is 1. The highest BCUT2D eigenvalue weighted by Crippen LogP contribution is 2.36. The largest absolute Gasteiger partial charge is 0.359 e. The molecule has 0 saturated carbocycles. The average Bonchev–Trinajstić information content (AvgIpc) is 2.84. The summed E-state index contributed by atoms with van der Waals surface area (Å²) in [4.78, 5) is 11.2. The highest BCUT2D eigenvalue weighted by atomic mass is 16.1. The van der Waals surface area contributed by atoms with Crippen molar-refractivity contribution in [3.05, 3.63) is 77.7 Å². The standard InChI is InChI=1S/C13H17N.C12H15NO/c1-10-13(2,3)9-8-11-6-4-5-7-12(11)14-10;1-12(2)7-3-4-9-5-6-11(14)13-10(9)8-12/h4-7,14H,1,8-9H2,2-3H3;3-4,7-8H,5-6H2,1-2H3,(H,13,14). The van der Waals surface area contributed by atoms with Crippen molar-refractivity contribution in [3.8, 4) is 0 Å². The van der Waals surface area contributed by atoms with Crippen LogP contribution in [0.25, 0.3) is 0 Å². The number of hydrogen-bond acceptors (Lipinski definition) is 2. The highest BCUT2D eigenvalue weighted by Gasteiger charge is 2.25. The van der Waals surface area contributed by atoms with E-state index in [0.717, 1.165) is 30.7 Å². The van der Waals surface area contributed by atoms with Gasteiger partial charge >= 0.3 is 0 Å². The number of hydrogen-bond donors (Lipinski definition) is 2. The monoisotopic (exact) mass is 376 g/mol. The molecule has 1 aromatic rings. The summed E-state index contributed by atoms with van der Waals surface area (Å²) in [6, 6.07) is 8.48. The lowest BCUT2D eigenvalue weighted by Gasteiger charge is -2.25. The first-order chi connectivity index (χ1) is 13.2. The minimum atomic E-state index is 0.0260. The van der Waals surface area contributed by atoms with Crippen LogP contribution in [0.1, 0.15) is 52.5 Å². The summed E-state index contributed by atoms with van der Waals surface area (Å²) in [5.74, 6) is 0.131. The molecular formula is C25H32N2O. The first-order valence-corrected chi connectivity index (χ1v) is 10.1. The molecule has 148 valence electrons. The fourth-order valence-corrected chi connectivity index (χ4v) is 3.60. The molecular weight excluding hydrogens is 344 g/mol. The van der Waals surface area contributed by atoms with Gasteiger partial charge in [-0.2, -0.15) is 0 Å². The Morgan fingerprint density at radius 1 is 1.00 bits per heavy atom. The highest BCUT2D eigenvalue weighted by molar-refractivity contribution is 5.81. The summed E-state index contributed by atoms with van der Waals surface area (Å²) in [6.07, 6.45) is 12.2. The number of amides is 1. The molecule has 0 atom stereocenters. The first-order valence-electron chi connectivity index (χ1n) is 10.1. The predicted octanol–water partition coefficient (Wildman–Crippen LogP) is 5.89. The summed E-state index contributed by atoms with van der Waals surface area (Å²) < 4.78 is 0. The summed E-state index contributed by atoms with van der Waals surface area (Å²) in [6.45, 7) is 12.9. The third-order valence-electron chi connectivity index (χ3n) is 5.72. The number of aryl methyl sites for hydroxylation is 1. The lowest BCUT2D eigenvalue weighted by Crippen LogP contribution is -2.29. The quantitative estimate of drug-likeness (QED) is 0.593. The zero-order valence-corrected chi connectivity index (χ0v) is 17.6. The van der Waals surface area contributed by atoms with Crippen LogP contribution in [0, 0.1) is 10.8 Å². The molecule has 0 spiro atoms. The van der Waals surface area contributed by atoms with E-state index in [1.165, 1.54) is 16.8 Å². The summed E-state index contributed by atoms with van der Waals surface area (Å²) in [5.41, 5.74) is 6.21. The Bertz CT molecular complexity index is 868. The van der Waals surface area contributed by atoms with Crippen LogP contribution >= 0.6 is 0 Å². The predicted molar refractivity (Wildman–Crippen MR) is 118 cm³/mol. The molecule has 1 fully saturated rings. The van der Waals surface area contributed by atoms with Crippen molar-refractivity contribution in [2.45, 2.75) is 53.4 Å². The number of benzene rings is 1. The average molecular weight is 377 g/mol. The zero-order chi connectivity index (χ0) is 20.4. The maximum atomic E-state index is 11.2. The molecule has 3 nitrogen and oxygen atoms in total. The number of anilines is 1. The van der Waals surface area contributed by atoms with Gasteiger partial charge in [-0.15, -0.1) is 0 Å². The second kappa shape index (κ2) is 7.83. The van der Waals surface area contributed by atoms with Crippen molar-refractivity contribution in [1.29, 1.82) is 0 Å². The molecule has 2 N–H and O–H groups in total. The van der Waals surface area contributed by atoms with Gasteiger partial charge in [-0.05, 0) is 36.5 Å². The van der Waals surface area contributed by atoms with Gasteiger partial charge in [0.25, 0.3) is 0 Å². The molecule has 4 rings (SSSR count). The Balaban J connectivity index is 0.000000161. The van der Waals surface area contributed by atoms with Crippen molar-refractivity contribution >= 4 is 11.6 Å². The Hall–Kier alpha value is -2.55. The second-order valence-corrected chi connectivity index (χ2v) is 9.12. The van der Waals surface area contributed by atoms with Crippen molar-refractivity contribution in [2.24, 2.45) is 10.8 Å². The molecule has 0 aromatic heterocycles. The maximum absolute atomic E-state index is 11.2. The molecule has 0 radical (unpaired) electrons. The topological polar surface area (TPSA) is 41.1 Å². The summed E-state index contributed by atoms with van der Waals surface area (Å²) >= 11 is 0. The molecule has 28 heavy (non-hydrogen) atoms. The Labute approximate surface area is 169 Å². The van der Waals surface area contributed by atoms with Crippen LogP contribution < -0.4 is 10.6 Å². The number of rotatable bonds is 0. The van der Waals surface area contributed by atoms with Crippen molar-refractivity contribution in [3.63, 3.8) is 0 Å². The Kier molecular flexibility index (Phi) is 5.64. The van der Waals surface area contributed by atoms with Crippen molar-refractivity contribution < 1.29 is 4.79 Å². The lowest BCUT2D eigenvalue weighted by atomic mass is 9.85. The molecule has 3 heteroatoms. The Morgan fingerprint density at radius 3 is 2.54 bits per heavy atom. The smallest absolute Gasteiger partial charge is 0.224 e. The zero-order valence-electron chi connectivity index (χ0n) is 17.6. The molecule has 0 unspecified atom stereocenters. The van der Waals surface area contributed by atoms with Gasteiger partial charge in [0.2, 0.25) is 5.91 Å². The maximum Gasteiger partial charge on any atom is 0.224 e. The van der Waals surface area contributed by atoms with Gasteiger partial charge < -0.3 is 10.6 Å². The van der Waals surface area contributed by atoms with E-state index >= 15 is 0 Å². The van der Waals surface area contributed by atoms with Crippen LogP contribution in [0.3, 0.4) is 0 Å². The molecule has 1 aromatic carbocycles. The van der Waals surface area contributed by atoms with E-state index in [0.29, 0.717) is 6.42 Å². The van der Waals surface area contributed by atoms with Crippen LogP contribution in [-0.2, 0) is 11.2 Å². The van der Waals surface area contributed by atoms with Gasteiger partial charge in [0.15, 0.2) is 0 Å². The summed E-state index contributed by atoms with van der Waals surface area (Å²) in [5, 5.41) is 6.35. The van der Waals surface area contributed by atoms with Gasteiger partial charge in [-0.3, -0.25) is 4.79 Å². The fourth-order valence-electron chi connectivity index (χ4n) is 3.60. The normalized spacial score (nSPS) is 21.9. The Morgan fingerprint density at radius 2 is 1.75 bits per heavy atom. The number of piperidine rings is 1. The lowest BCUT2D eigenvalue weighted by molar-refractivity contribution is -0.120. The minimum absolute atomic E-state index is 0.0260. The van der Waals surface area contributed by atoms with E-state index in [1.54, 1.807) is 0 Å². The number of nitrogens with one attached hydrogen (secondary N) is 2. The van der Waals surface area contributed by atoms with E-state index in [-0.39, 0.29) is 16.7 Å². The van der Waals surface area contributed by atoms with Crippen LogP contribution in [0.4, 0.5) is 5.69 Å². The van der Waals surface area contributed by atoms with Crippen LogP contribution in [-0.4, -0.2) is 5.91 Å². The number of carbonyl (C=O) groups excluding carboxylic acids is 1. The molecule has 0 bridgehead atoms. The summed E-state index contributed by atoms with van der Waals surface area (Å²) in [7, 11) is 0. The molecule has 2 aliphatic heterocycles. The van der Waals surface area contributed by atoms with Crippen molar-refractivity contribution in [2.75, 3.05) is 5.32 Å².